The van der Waals surface area contributed by atoms with Gasteiger partial charge in [0.15, 0.2) is 0 Å². The number of hydrogen-bond acceptors (Lipinski definition) is 3. The highest BCUT2D eigenvalue weighted by molar-refractivity contribution is 5.82. The molecule has 98 valence electrons. The molecule has 4 heteroatoms. The number of carbonyl (C=O) groups excluding carboxylic acids is 2. The van der Waals surface area contributed by atoms with Gasteiger partial charge < -0.3 is 10.2 Å². The van der Waals surface area contributed by atoms with E-state index < -0.39 is 0 Å². The zero-order chi connectivity index (χ0) is 13.5. The molecule has 0 aliphatic carbocycles. The van der Waals surface area contributed by atoms with Gasteiger partial charge in [-0.1, -0.05) is 0 Å². The average Bonchev–Trinajstić information content (AvgIpc) is 2.35. The van der Waals surface area contributed by atoms with Crippen LogP contribution < -0.4 is 10.2 Å². The van der Waals surface area contributed by atoms with Gasteiger partial charge in [-0.3, -0.25) is 9.59 Å². The maximum absolute atomic E-state index is 11.7. The molecule has 0 saturated heterocycles. The molecule has 0 aliphatic heterocycles. The minimum Gasteiger partial charge on any atom is -0.363 e. The first-order valence-corrected chi connectivity index (χ1v) is 6.16. The predicted octanol–water partition coefficient (Wildman–Crippen LogP) is 1.85. The van der Waals surface area contributed by atoms with Crippen LogP contribution in [0.5, 0.6) is 0 Å². The molecule has 0 aliphatic rings. The summed E-state index contributed by atoms with van der Waals surface area (Å²) in [7, 11) is 0. The summed E-state index contributed by atoms with van der Waals surface area (Å²) in [5.41, 5.74) is 1.59. The van der Waals surface area contributed by atoms with E-state index in [1.807, 2.05) is 37.8 Å². The SMILES string of the molecule is CCN(CC(=O)NC(C)C)c1ccc(C=O)cc1. The molecule has 1 amide bonds. The van der Waals surface area contributed by atoms with Crippen LogP contribution in [0.25, 0.3) is 0 Å². The Balaban J connectivity index is 2.70. The van der Waals surface area contributed by atoms with Gasteiger partial charge >= 0.3 is 0 Å². The van der Waals surface area contributed by atoms with Gasteiger partial charge in [-0.2, -0.15) is 0 Å². The van der Waals surface area contributed by atoms with Crippen molar-refractivity contribution in [3.05, 3.63) is 29.8 Å². The highest BCUT2D eigenvalue weighted by atomic mass is 16.2. The van der Waals surface area contributed by atoms with Crippen molar-refractivity contribution < 1.29 is 9.59 Å². The number of hydrogen-bond donors (Lipinski definition) is 1. The van der Waals surface area contributed by atoms with E-state index in [2.05, 4.69) is 5.32 Å². The summed E-state index contributed by atoms with van der Waals surface area (Å²) < 4.78 is 0. The van der Waals surface area contributed by atoms with Gasteiger partial charge in [-0.15, -0.1) is 0 Å². The van der Waals surface area contributed by atoms with Gasteiger partial charge in [-0.25, -0.2) is 0 Å². The molecule has 0 spiro atoms. The van der Waals surface area contributed by atoms with Gasteiger partial charge in [0.2, 0.25) is 5.91 Å². The molecular formula is C14H20N2O2. The van der Waals surface area contributed by atoms with E-state index in [4.69, 9.17) is 0 Å². The van der Waals surface area contributed by atoms with Crippen molar-refractivity contribution >= 4 is 17.9 Å². The molecule has 1 rings (SSSR count). The standard InChI is InChI=1S/C14H20N2O2/c1-4-16(9-14(18)15-11(2)3)13-7-5-12(10-17)6-8-13/h5-8,10-11H,4,9H2,1-3H3,(H,15,18). The van der Waals surface area contributed by atoms with E-state index in [0.29, 0.717) is 12.1 Å². The normalized spacial score (nSPS) is 10.2. The molecule has 1 aromatic carbocycles. The minimum atomic E-state index is 0.00585. The third-order valence-electron chi connectivity index (χ3n) is 2.56. The van der Waals surface area contributed by atoms with Crippen molar-refractivity contribution in [2.75, 3.05) is 18.0 Å². The van der Waals surface area contributed by atoms with E-state index in [1.165, 1.54) is 0 Å². The topological polar surface area (TPSA) is 49.4 Å². The maximum atomic E-state index is 11.7. The number of nitrogens with one attached hydrogen (secondary N) is 1. The van der Waals surface area contributed by atoms with Crippen LogP contribution in [0.2, 0.25) is 0 Å². The second-order valence-corrected chi connectivity index (χ2v) is 4.45. The molecule has 0 heterocycles. The Morgan fingerprint density at radius 1 is 1.33 bits per heavy atom. The van der Waals surface area contributed by atoms with Crippen molar-refractivity contribution in [3.63, 3.8) is 0 Å². The molecule has 1 N–H and O–H groups in total. The molecule has 0 fully saturated rings. The van der Waals surface area contributed by atoms with Crippen LogP contribution in [-0.4, -0.2) is 31.3 Å². The summed E-state index contributed by atoms with van der Waals surface area (Å²) in [4.78, 5) is 24.3. The van der Waals surface area contributed by atoms with E-state index in [9.17, 15) is 9.59 Å². The fourth-order valence-electron chi connectivity index (χ4n) is 1.69. The van der Waals surface area contributed by atoms with Crippen molar-refractivity contribution in [2.45, 2.75) is 26.8 Å². The maximum Gasteiger partial charge on any atom is 0.239 e. The quantitative estimate of drug-likeness (QED) is 0.782. The lowest BCUT2D eigenvalue weighted by Crippen LogP contribution is -2.40. The molecule has 0 bridgehead atoms. The predicted molar refractivity (Wildman–Crippen MR) is 73.0 cm³/mol. The van der Waals surface area contributed by atoms with Gasteiger partial charge in [0.1, 0.15) is 6.29 Å². The molecule has 0 unspecified atom stereocenters. The zero-order valence-corrected chi connectivity index (χ0v) is 11.1. The largest absolute Gasteiger partial charge is 0.363 e. The van der Waals surface area contributed by atoms with E-state index in [-0.39, 0.29) is 11.9 Å². The Kier molecular flexibility index (Phi) is 5.36. The van der Waals surface area contributed by atoms with E-state index in [0.717, 1.165) is 18.5 Å². The third kappa shape index (κ3) is 4.20. The van der Waals surface area contributed by atoms with Crippen molar-refractivity contribution in [1.29, 1.82) is 0 Å². The lowest BCUT2D eigenvalue weighted by molar-refractivity contribution is -0.120. The summed E-state index contributed by atoms with van der Waals surface area (Å²) in [5.74, 6) is 0.00585. The first-order chi connectivity index (χ1) is 8.56. The molecule has 0 atom stereocenters. The van der Waals surface area contributed by atoms with Crippen LogP contribution in [0.4, 0.5) is 5.69 Å². The summed E-state index contributed by atoms with van der Waals surface area (Å²) in [6.07, 6.45) is 0.811. The summed E-state index contributed by atoms with van der Waals surface area (Å²) in [5, 5.41) is 2.86. The van der Waals surface area contributed by atoms with E-state index in [1.54, 1.807) is 12.1 Å². The average molecular weight is 248 g/mol. The van der Waals surface area contributed by atoms with Gasteiger partial charge in [0.25, 0.3) is 0 Å². The molecule has 1 aromatic rings. The fourth-order valence-corrected chi connectivity index (χ4v) is 1.69. The lowest BCUT2D eigenvalue weighted by atomic mass is 10.2. The Morgan fingerprint density at radius 2 is 1.94 bits per heavy atom. The van der Waals surface area contributed by atoms with E-state index >= 15 is 0 Å². The van der Waals surface area contributed by atoms with Gasteiger partial charge in [0.05, 0.1) is 6.54 Å². The van der Waals surface area contributed by atoms with Gasteiger partial charge in [0, 0.05) is 23.8 Å². The van der Waals surface area contributed by atoms with Gasteiger partial charge in [-0.05, 0) is 45.0 Å². The highest BCUT2D eigenvalue weighted by Gasteiger charge is 2.10. The summed E-state index contributed by atoms with van der Waals surface area (Å²) >= 11 is 0. The number of anilines is 1. The lowest BCUT2D eigenvalue weighted by Gasteiger charge is -2.23. The minimum absolute atomic E-state index is 0.00585. The number of amides is 1. The second-order valence-electron chi connectivity index (χ2n) is 4.45. The highest BCUT2D eigenvalue weighted by Crippen LogP contribution is 2.14. The first kappa shape index (κ1) is 14.2. The smallest absolute Gasteiger partial charge is 0.239 e. The number of nitrogens with zero attached hydrogens (tertiary/aromatic N) is 1. The first-order valence-electron chi connectivity index (χ1n) is 6.16. The number of carbonyl (C=O) groups is 2. The van der Waals surface area contributed by atoms with Crippen molar-refractivity contribution in [1.82, 2.24) is 5.32 Å². The van der Waals surface area contributed by atoms with Crippen LogP contribution in [0.1, 0.15) is 31.1 Å². The van der Waals surface area contributed by atoms with Crippen LogP contribution in [0, 0.1) is 0 Å². The second kappa shape index (κ2) is 6.79. The Bertz CT molecular complexity index is 399. The molecule has 0 aromatic heterocycles. The summed E-state index contributed by atoms with van der Waals surface area (Å²) in [6, 6.07) is 7.37. The third-order valence-corrected chi connectivity index (χ3v) is 2.56. The van der Waals surface area contributed by atoms with Crippen LogP contribution in [-0.2, 0) is 4.79 Å². The Hall–Kier alpha value is -1.84. The van der Waals surface area contributed by atoms with Crippen LogP contribution >= 0.6 is 0 Å². The Morgan fingerprint density at radius 3 is 2.39 bits per heavy atom. The van der Waals surface area contributed by atoms with Crippen LogP contribution in [0.15, 0.2) is 24.3 Å². The molecular weight excluding hydrogens is 228 g/mol. The number of likely N-dealkylation sites (N-methyl/N-ethyl adjacent to an activating group) is 1. The molecule has 4 nitrogen and oxygen atoms in total. The molecule has 0 saturated carbocycles. The molecule has 0 radical (unpaired) electrons. The number of aldehydes is 1. The zero-order valence-electron chi connectivity index (χ0n) is 11.1. The summed E-state index contributed by atoms with van der Waals surface area (Å²) in [6.45, 7) is 6.94. The van der Waals surface area contributed by atoms with Crippen molar-refractivity contribution in [2.24, 2.45) is 0 Å². The fraction of sp³-hybridized carbons (Fsp3) is 0.429. The van der Waals surface area contributed by atoms with Crippen molar-refractivity contribution in [3.8, 4) is 0 Å². The number of rotatable bonds is 6. The monoisotopic (exact) mass is 248 g/mol. The Labute approximate surface area is 108 Å². The number of benzene rings is 1. The molecule has 18 heavy (non-hydrogen) atoms. The van der Waals surface area contributed by atoms with Crippen LogP contribution in [0.3, 0.4) is 0 Å².